The first kappa shape index (κ1) is 19.1. The van der Waals surface area contributed by atoms with E-state index in [1.165, 1.54) is 12.8 Å². The van der Waals surface area contributed by atoms with Crippen LogP contribution in [0.5, 0.6) is 0 Å². The molecule has 1 saturated heterocycles. The highest BCUT2D eigenvalue weighted by Gasteiger charge is 2.64. The van der Waals surface area contributed by atoms with E-state index in [0.717, 1.165) is 18.4 Å². The minimum atomic E-state index is -0.543. The molecule has 3 fully saturated rings. The molecule has 6 heteroatoms. The van der Waals surface area contributed by atoms with Crippen LogP contribution in [-0.2, 0) is 16.1 Å². The Balaban J connectivity index is 1.41. The average molecular weight is 386 g/mol. The van der Waals surface area contributed by atoms with Crippen LogP contribution in [0.25, 0.3) is 0 Å². The van der Waals surface area contributed by atoms with Gasteiger partial charge in [-0.05, 0) is 57.4 Å². The molecule has 1 aromatic rings. The third-order valence-corrected chi connectivity index (χ3v) is 6.24. The second-order valence-corrected chi connectivity index (χ2v) is 9.78. The Morgan fingerprint density at radius 2 is 1.93 bits per heavy atom. The Labute approximate surface area is 166 Å². The lowest BCUT2D eigenvalue weighted by atomic mass is 9.90. The molecule has 3 aliphatic rings. The largest absolute Gasteiger partial charge is 0.445 e. The summed E-state index contributed by atoms with van der Waals surface area (Å²) in [6.07, 6.45) is 3.72. The number of nitrogens with zero attached hydrogens (tertiary/aromatic N) is 1. The van der Waals surface area contributed by atoms with Crippen molar-refractivity contribution in [3.63, 3.8) is 0 Å². The molecule has 1 aliphatic heterocycles. The van der Waals surface area contributed by atoms with Crippen LogP contribution < -0.4 is 5.32 Å². The fourth-order valence-corrected chi connectivity index (χ4v) is 4.90. The molecule has 1 N–H and O–H groups in total. The van der Waals surface area contributed by atoms with E-state index in [9.17, 15) is 9.59 Å². The Kier molecular flexibility index (Phi) is 4.55. The number of fused-ring (bicyclic) bond motifs is 1. The molecule has 152 valence electrons. The van der Waals surface area contributed by atoms with Crippen LogP contribution in [0.1, 0.15) is 52.0 Å². The first-order valence-electron chi connectivity index (χ1n) is 10.2. The van der Waals surface area contributed by atoms with Gasteiger partial charge in [-0.15, -0.1) is 0 Å². The second-order valence-electron chi connectivity index (χ2n) is 9.78. The Bertz CT molecular complexity index is 754. The van der Waals surface area contributed by atoms with E-state index in [0.29, 0.717) is 18.5 Å². The van der Waals surface area contributed by atoms with Crippen LogP contribution in [0.4, 0.5) is 9.59 Å². The van der Waals surface area contributed by atoms with Crippen LogP contribution in [0.15, 0.2) is 30.3 Å². The lowest BCUT2D eigenvalue weighted by molar-refractivity contribution is 0.0437. The highest BCUT2D eigenvalue weighted by Crippen LogP contribution is 2.64. The molecule has 1 aromatic carbocycles. The molecule has 0 aromatic heterocycles. The van der Waals surface area contributed by atoms with E-state index >= 15 is 0 Å². The van der Waals surface area contributed by atoms with Gasteiger partial charge in [-0.25, -0.2) is 9.59 Å². The van der Waals surface area contributed by atoms with Crippen LogP contribution >= 0.6 is 0 Å². The van der Waals surface area contributed by atoms with Crippen molar-refractivity contribution in [3.05, 3.63) is 35.9 Å². The number of alkyl carbamates (subject to hydrolysis) is 1. The standard InChI is InChI=1S/C22H30N2O4/c1-20(2,3)28-18(25)23-22-14-21(9-10-21)11-17(22)12-24(15-22)19(26)27-13-16-7-5-4-6-8-16/h4-8,17H,9-15H2,1-3H3,(H,23,25)/t17-,22-/m1/s1. The number of likely N-dealkylation sites (tertiary alicyclic amines) is 1. The van der Waals surface area contributed by atoms with Gasteiger partial charge in [0, 0.05) is 19.0 Å². The van der Waals surface area contributed by atoms with Crippen LogP contribution in [0.3, 0.4) is 0 Å². The predicted molar refractivity (Wildman–Crippen MR) is 105 cm³/mol. The molecule has 2 saturated carbocycles. The van der Waals surface area contributed by atoms with Crippen molar-refractivity contribution in [2.24, 2.45) is 11.3 Å². The fraction of sp³-hybridized carbons (Fsp3) is 0.636. The summed E-state index contributed by atoms with van der Waals surface area (Å²) in [5.74, 6) is 0.256. The molecule has 2 aliphatic carbocycles. The zero-order valence-electron chi connectivity index (χ0n) is 17.0. The number of hydrogen-bond donors (Lipinski definition) is 1. The molecule has 6 nitrogen and oxygen atoms in total. The summed E-state index contributed by atoms with van der Waals surface area (Å²) in [5, 5.41) is 3.15. The Hall–Kier alpha value is -2.24. The molecule has 1 heterocycles. The van der Waals surface area contributed by atoms with Gasteiger partial charge in [0.25, 0.3) is 0 Å². The van der Waals surface area contributed by atoms with E-state index in [1.54, 1.807) is 4.90 Å². The zero-order valence-corrected chi connectivity index (χ0v) is 17.0. The van der Waals surface area contributed by atoms with Crippen molar-refractivity contribution in [1.29, 1.82) is 0 Å². The number of carbonyl (C=O) groups excluding carboxylic acids is 2. The number of amides is 2. The van der Waals surface area contributed by atoms with E-state index in [1.807, 2.05) is 51.1 Å². The van der Waals surface area contributed by atoms with Crippen molar-refractivity contribution in [3.8, 4) is 0 Å². The number of benzene rings is 1. The van der Waals surface area contributed by atoms with Gasteiger partial charge >= 0.3 is 12.2 Å². The van der Waals surface area contributed by atoms with Gasteiger partial charge in [0.15, 0.2) is 0 Å². The van der Waals surface area contributed by atoms with E-state index in [-0.39, 0.29) is 18.6 Å². The Morgan fingerprint density at radius 3 is 2.57 bits per heavy atom. The fourth-order valence-electron chi connectivity index (χ4n) is 4.90. The van der Waals surface area contributed by atoms with E-state index in [2.05, 4.69) is 5.32 Å². The monoisotopic (exact) mass is 386 g/mol. The topological polar surface area (TPSA) is 67.9 Å². The van der Waals surface area contributed by atoms with Crippen LogP contribution in [0, 0.1) is 11.3 Å². The minimum Gasteiger partial charge on any atom is -0.445 e. The quantitative estimate of drug-likeness (QED) is 0.849. The summed E-state index contributed by atoms with van der Waals surface area (Å²) < 4.78 is 11.0. The predicted octanol–water partition coefficient (Wildman–Crippen LogP) is 4.09. The van der Waals surface area contributed by atoms with Crippen molar-refractivity contribution >= 4 is 12.2 Å². The zero-order chi connectivity index (χ0) is 20.0. The summed E-state index contributed by atoms with van der Waals surface area (Å²) >= 11 is 0. The molecule has 2 atom stereocenters. The summed E-state index contributed by atoms with van der Waals surface area (Å²) in [7, 11) is 0. The lowest BCUT2D eigenvalue weighted by Crippen LogP contribution is -2.53. The van der Waals surface area contributed by atoms with Gasteiger partial charge in [0.2, 0.25) is 0 Å². The van der Waals surface area contributed by atoms with Crippen molar-refractivity contribution in [2.75, 3.05) is 13.1 Å². The maximum Gasteiger partial charge on any atom is 0.410 e. The molecule has 2 amide bonds. The van der Waals surface area contributed by atoms with Crippen molar-refractivity contribution in [1.82, 2.24) is 10.2 Å². The summed E-state index contributed by atoms with van der Waals surface area (Å²) in [6, 6.07) is 9.67. The van der Waals surface area contributed by atoms with Crippen molar-refractivity contribution < 1.29 is 19.1 Å². The maximum absolute atomic E-state index is 12.6. The van der Waals surface area contributed by atoms with Crippen molar-refractivity contribution in [2.45, 2.75) is 64.2 Å². The summed E-state index contributed by atoms with van der Waals surface area (Å²) in [5.41, 5.74) is 0.386. The molecule has 0 radical (unpaired) electrons. The normalized spacial score (nSPS) is 27.4. The number of ether oxygens (including phenoxy) is 2. The third-order valence-electron chi connectivity index (χ3n) is 6.24. The molecular formula is C22H30N2O4. The van der Waals surface area contributed by atoms with Crippen LogP contribution in [0.2, 0.25) is 0 Å². The number of hydrogen-bond acceptors (Lipinski definition) is 4. The highest BCUT2D eigenvalue weighted by molar-refractivity contribution is 5.71. The molecule has 0 unspecified atom stereocenters. The van der Waals surface area contributed by atoms with Crippen LogP contribution in [-0.4, -0.2) is 41.3 Å². The molecular weight excluding hydrogens is 356 g/mol. The maximum atomic E-state index is 12.6. The van der Waals surface area contributed by atoms with Gasteiger partial charge in [-0.3, -0.25) is 0 Å². The Morgan fingerprint density at radius 1 is 1.21 bits per heavy atom. The molecule has 1 spiro atoms. The van der Waals surface area contributed by atoms with Gasteiger partial charge in [-0.2, -0.15) is 0 Å². The first-order valence-corrected chi connectivity index (χ1v) is 10.2. The van der Waals surface area contributed by atoms with Gasteiger partial charge < -0.3 is 19.7 Å². The van der Waals surface area contributed by atoms with E-state index < -0.39 is 17.2 Å². The van der Waals surface area contributed by atoms with E-state index in [4.69, 9.17) is 9.47 Å². The lowest BCUT2D eigenvalue weighted by Gasteiger charge is -2.32. The number of rotatable bonds is 3. The second kappa shape index (κ2) is 6.68. The summed E-state index contributed by atoms with van der Waals surface area (Å²) in [4.78, 5) is 26.9. The van der Waals surface area contributed by atoms with Gasteiger partial charge in [-0.1, -0.05) is 30.3 Å². The molecule has 4 rings (SSSR count). The highest BCUT2D eigenvalue weighted by atomic mass is 16.6. The van der Waals surface area contributed by atoms with Gasteiger partial charge in [0.1, 0.15) is 12.2 Å². The molecule has 0 bridgehead atoms. The minimum absolute atomic E-state index is 0.256. The SMILES string of the molecule is CC(C)(C)OC(=O)N[C@]12CN(C(=O)OCc3ccccc3)C[C@H]1CC1(CC1)C2. The average Bonchev–Trinajstić information content (AvgIpc) is 3.17. The third kappa shape index (κ3) is 3.96. The number of carbonyl (C=O) groups is 2. The first-order chi connectivity index (χ1) is 13.2. The number of nitrogens with one attached hydrogen (secondary N) is 1. The van der Waals surface area contributed by atoms with Gasteiger partial charge in [0.05, 0.1) is 5.54 Å². The summed E-state index contributed by atoms with van der Waals surface area (Å²) in [6.45, 7) is 6.97. The smallest absolute Gasteiger partial charge is 0.410 e. The molecule has 28 heavy (non-hydrogen) atoms.